The Morgan fingerprint density at radius 1 is 1.11 bits per heavy atom. The van der Waals surface area contributed by atoms with E-state index in [2.05, 4.69) is 0 Å². The zero-order chi connectivity index (χ0) is 27.9. The topological polar surface area (TPSA) is 169 Å². The molecule has 0 aromatic heterocycles. The van der Waals surface area contributed by atoms with Gasteiger partial charge in [-0.05, 0) is 55.6 Å². The zero-order valence-corrected chi connectivity index (χ0v) is 22.1. The standard InChI is InChI=1S/C22H29ClO5.2C2H4O2/c1-12-8-16-15-5-4-13-9-14(25)6-7-19(13,2)21(15,23)17(26)10-20(16,3)22(12,28)18(27)11-24;2*1-2(3)4/h6-7,9,12,15-17,24,26,28H,4-5,8,10-11H2,1-3H3;2*1H3,(H,3,4)/t12-,15-,16-,17-,19-,20-,21-,22-;;/m0../s1. The molecule has 3 saturated carbocycles. The van der Waals surface area contributed by atoms with E-state index in [0.717, 1.165) is 19.4 Å². The van der Waals surface area contributed by atoms with Crippen LogP contribution in [0.25, 0.3) is 0 Å². The second kappa shape index (κ2) is 10.4. The number of aliphatic hydroxyl groups is 3. The highest BCUT2D eigenvalue weighted by molar-refractivity contribution is 6.26. The highest BCUT2D eigenvalue weighted by Gasteiger charge is 2.74. The summed E-state index contributed by atoms with van der Waals surface area (Å²) >= 11 is 7.30. The average molecular weight is 529 g/mol. The number of halogens is 1. The van der Waals surface area contributed by atoms with E-state index < -0.39 is 51.7 Å². The summed E-state index contributed by atoms with van der Waals surface area (Å²) in [4.78, 5) is 41.5. The van der Waals surface area contributed by atoms with Crippen molar-refractivity contribution in [2.45, 2.75) is 76.9 Å². The maximum absolute atomic E-state index is 12.6. The molecule has 0 aromatic carbocycles. The van der Waals surface area contributed by atoms with Gasteiger partial charge in [-0.15, -0.1) is 11.6 Å². The lowest BCUT2D eigenvalue weighted by Gasteiger charge is -2.63. The fourth-order valence-electron chi connectivity index (χ4n) is 7.26. The van der Waals surface area contributed by atoms with Gasteiger partial charge >= 0.3 is 0 Å². The van der Waals surface area contributed by atoms with Gasteiger partial charge in [-0.3, -0.25) is 19.2 Å². The van der Waals surface area contributed by atoms with Crippen LogP contribution in [0.2, 0.25) is 0 Å². The summed E-state index contributed by atoms with van der Waals surface area (Å²) in [5, 5.41) is 47.2. The van der Waals surface area contributed by atoms with Crippen LogP contribution in [0.5, 0.6) is 0 Å². The third-order valence-electron chi connectivity index (χ3n) is 8.79. The number of alkyl halides is 1. The summed E-state index contributed by atoms with van der Waals surface area (Å²) in [5.74, 6) is -2.82. The molecule has 8 atom stereocenters. The summed E-state index contributed by atoms with van der Waals surface area (Å²) in [5.41, 5.74) is -2.25. The number of aliphatic hydroxyl groups excluding tert-OH is 2. The first-order valence-electron chi connectivity index (χ1n) is 12.0. The van der Waals surface area contributed by atoms with Crippen LogP contribution in [0, 0.1) is 28.6 Å². The Labute approximate surface area is 215 Å². The molecule has 10 heteroatoms. The van der Waals surface area contributed by atoms with Crippen molar-refractivity contribution >= 4 is 35.1 Å². The molecule has 0 unspecified atom stereocenters. The number of carboxylic acids is 2. The summed E-state index contributed by atoms with van der Waals surface area (Å²) in [6.07, 6.45) is 6.22. The summed E-state index contributed by atoms with van der Waals surface area (Å²) in [6.45, 7) is 7.14. The highest BCUT2D eigenvalue weighted by atomic mass is 35.5. The van der Waals surface area contributed by atoms with Gasteiger partial charge in [-0.25, -0.2) is 0 Å². The third kappa shape index (κ3) is 4.55. The van der Waals surface area contributed by atoms with E-state index in [1.165, 1.54) is 6.08 Å². The first kappa shape index (κ1) is 30.2. The molecule has 0 aromatic rings. The number of hydrogen-bond acceptors (Lipinski definition) is 7. The normalized spacial score (nSPS) is 42.2. The number of carboxylic acid groups (broad SMARTS) is 2. The molecule has 5 N–H and O–H groups in total. The second-order valence-corrected chi connectivity index (χ2v) is 11.4. The van der Waals surface area contributed by atoms with Crippen LogP contribution in [0.4, 0.5) is 0 Å². The van der Waals surface area contributed by atoms with E-state index in [0.29, 0.717) is 19.3 Å². The molecule has 0 bridgehead atoms. The number of aliphatic carboxylic acids is 2. The van der Waals surface area contributed by atoms with Gasteiger partial charge in [0.05, 0.1) is 11.0 Å². The van der Waals surface area contributed by atoms with E-state index in [4.69, 9.17) is 31.4 Å². The summed E-state index contributed by atoms with van der Waals surface area (Å²) < 4.78 is 0. The monoisotopic (exact) mass is 528 g/mol. The molecule has 0 aliphatic heterocycles. The first-order valence-corrected chi connectivity index (χ1v) is 12.4. The van der Waals surface area contributed by atoms with Gasteiger partial charge in [0.15, 0.2) is 11.6 Å². The van der Waals surface area contributed by atoms with Crippen LogP contribution < -0.4 is 0 Å². The van der Waals surface area contributed by atoms with Crippen molar-refractivity contribution in [1.29, 1.82) is 0 Å². The van der Waals surface area contributed by atoms with Gasteiger partial charge in [0.1, 0.15) is 12.2 Å². The highest BCUT2D eigenvalue weighted by Crippen LogP contribution is 2.71. The van der Waals surface area contributed by atoms with Crippen molar-refractivity contribution in [3.05, 3.63) is 23.8 Å². The van der Waals surface area contributed by atoms with Crippen molar-refractivity contribution < 1.29 is 44.7 Å². The Bertz CT molecular complexity index is 970. The van der Waals surface area contributed by atoms with Gasteiger partial charge < -0.3 is 25.5 Å². The minimum atomic E-state index is -1.68. The molecule has 36 heavy (non-hydrogen) atoms. The lowest BCUT2D eigenvalue weighted by atomic mass is 9.45. The number of ketones is 2. The SMILES string of the molecule is CC(=O)O.CC(=O)O.C[C@H]1C[C@H]2[C@@H]3CCC4=CC(=O)C=C[C@]4(C)[C@@]3(Cl)[C@@H](O)C[C@]2(C)[C@@]1(O)C(=O)CO. The van der Waals surface area contributed by atoms with E-state index in [-0.39, 0.29) is 30.0 Å². The molecular weight excluding hydrogens is 492 g/mol. The maximum atomic E-state index is 12.6. The van der Waals surface area contributed by atoms with Crippen LogP contribution in [0.3, 0.4) is 0 Å². The number of carbonyl (C=O) groups is 4. The quantitative estimate of drug-likeness (QED) is 0.337. The molecule has 4 aliphatic rings. The molecule has 9 nitrogen and oxygen atoms in total. The predicted octanol–water partition coefficient (Wildman–Crippen LogP) is 2.35. The number of allylic oxidation sites excluding steroid dienone is 4. The molecule has 4 aliphatic carbocycles. The fourth-order valence-corrected chi connectivity index (χ4v) is 7.78. The van der Waals surface area contributed by atoms with Crippen molar-refractivity contribution in [3.8, 4) is 0 Å². The van der Waals surface area contributed by atoms with Gasteiger partial charge in [-0.1, -0.05) is 32.4 Å². The number of fused-ring (bicyclic) bond motifs is 5. The van der Waals surface area contributed by atoms with E-state index >= 15 is 0 Å². The molecular formula is C26H37ClO9. The maximum Gasteiger partial charge on any atom is 0.300 e. The van der Waals surface area contributed by atoms with Crippen LogP contribution in [-0.2, 0) is 19.2 Å². The lowest BCUT2D eigenvalue weighted by Crippen LogP contribution is -2.69. The van der Waals surface area contributed by atoms with E-state index in [9.17, 15) is 24.9 Å². The number of hydrogen-bond donors (Lipinski definition) is 5. The average Bonchev–Trinajstić information content (AvgIpc) is 2.95. The molecule has 0 radical (unpaired) electrons. The van der Waals surface area contributed by atoms with Crippen LogP contribution in [0.1, 0.15) is 60.3 Å². The number of carbonyl (C=O) groups excluding carboxylic acids is 2. The van der Waals surface area contributed by atoms with E-state index in [1.54, 1.807) is 6.08 Å². The zero-order valence-electron chi connectivity index (χ0n) is 21.3. The Kier molecular flexibility index (Phi) is 8.68. The van der Waals surface area contributed by atoms with Crippen molar-refractivity contribution in [1.82, 2.24) is 0 Å². The van der Waals surface area contributed by atoms with Crippen molar-refractivity contribution in [2.75, 3.05) is 6.61 Å². The number of rotatable bonds is 2. The minimum absolute atomic E-state index is 0.0567. The lowest BCUT2D eigenvalue weighted by molar-refractivity contribution is -0.179. The van der Waals surface area contributed by atoms with Gasteiger partial charge in [0, 0.05) is 24.7 Å². The smallest absolute Gasteiger partial charge is 0.300 e. The molecule has 0 spiro atoms. The van der Waals surface area contributed by atoms with Crippen molar-refractivity contribution in [3.63, 3.8) is 0 Å². The molecule has 0 saturated heterocycles. The first-order chi connectivity index (χ1) is 16.4. The summed E-state index contributed by atoms with van der Waals surface area (Å²) in [6, 6.07) is 0. The predicted molar refractivity (Wildman–Crippen MR) is 131 cm³/mol. The molecule has 3 fully saturated rings. The van der Waals surface area contributed by atoms with Gasteiger partial charge in [-0.2, -0.15) is 0 Å². The fraction of sp³-hybridized carbons (Fsp3) is 0.692. The van der Waals surface area contributed by atoms with Crippen LogP contribution >= 0.6 is 11.6 Å². The molecule has 0 heterocycles. The Balaban J connectivity index is 0.000000501. The van der Waals surface area contributed by atoms with Gasteiger partial charge in [0.25, 0.3) is 11.9 Å². The Morgan fingerprint density at radius 2 is 1.64 bits per heavy atom. The number of Topliss-reactive ketones (excluding diaryl/α,β-unsaturated/α-hetero) is 1. The third-order valence-corrected chi connectivity index (χ3v) is 9.72. The molecule has 202 valence electrons. The van der Waals surface area contributed by atoms with Gasteiger partial charge in [0.2, 0.25) is 0 Å². The Hall–Kier alpha value is -2.07. The molecule has 0 amide bonds. The van der Waals surface area contributed by atoms with Crippen LogP contribution in [0.15, 0.2) is 23.8 Å². The second-order valence-electron chi connectivity index (χ2n) is 10.8. The minimum Gasteiger partial charge on any atom is -0.481 e. The van der Waals surface area contributed by atoms with Crippen LogP contribution in [-0.4, -0.2) is 72.2 Å². The summed E-state index contributed by atoms with van der Waals surface area (Å²) in [7, 11) is 0. The largest absolute Gasteiger partial charge is 0.481 e. The Morgan fingerprint density at radius 3 is 2.14 bits per heavy atom. The van der Waals surface area contributed by atoms with E-state index in [1.807, 2.05) is 26.8 Å². The molecule has 4 rings (SSSR count). The van der Waals surface area contributed by atoms with Crippen molar-refractivity contribution in [2.24, 2.45) is 28.6 Å².